The maximum atomic E-state index is 12.1. The maximum Gasteiger partial charge on any atom is 0.332 e. The van der Waals surface area contributed by atoms with E-state index in [1.54, 1.807) is 18.2 Å². The Bertz CT molecular complexity index is 612. The summed E-state index contributed by atoms with van der Waals surface area (Å²) in [5, 5.41) is 3.67. The van der Waals surface area contributed by atoms with Crippen molar-refractivity contribution in [1.82, 2.24) is 10.3 Å². The Morgan fingerprint density at radius 2 is 2.04 bits per heavy atom. The number of hydrazone groups is 1. The van der Waals surface area contributed by atoms with Crippen molar-refractivity contribution in [1.29, 1.82) is 0 Å². The highest BCUT2D eigenvalue weighted by molar-refractivity contribution is 5.82. The van der Waals surface area contributed by atoms with Crippen LogP contribution >= 0.6 is 0 Å². The van der Waals surface area contributed by atoms with Crippen molar-refractivity contribution >= 4 is 18.2 Å². The van der Waals surface area contributed by atoms with Crippen LogP contribution in [0.25, 0.3) is 0 Å². The number of benzene rings is 1. The third-order valence-electron chi connectivity index (χ3n) is 3.64. The zero-order valence-electron chi connectivity index (χ0n) is 13.7. The molecule has 1 fully saturated rings. The predicted octanol–water partition coefficient (Wildman–Crippen LogP) is 1.09. The van der Waals surface area contributed by atoms with Gasteiger partial charge in [0.2, 0.25) is 0 Å². The minimum Gasteiger partial charge on any atom is -0.493 e. The molecule has 0 aliphatic carbocycles. The molecule has 1 heterocycles. The smallest absolute Gasteiger partial charge is 0.332 e. The van der Waals surface area contributed by atoms with Crippen molar-refractivity contribution in [3.63, 3.8) is 0 Å². The molecule has 0 unspecified atom stereocenters. The molecule has 1 aliphatic heterocycles. The molecule has 0 spiro atoms. The molecule has 0 aromatic heterocycles. The Morgan fingerprint density at radius 1 is 1.29 bits per heavy atom. The van der Waals surface area contributed by atoms with Gasteiger partial charge in [-0.05, 0) is 43.0 Å². The first-order valence-electron chi connectivity index (χ1n) is 7.77. The molecular weight excluding hydrogens is 312 g/mol. The Kier molecular flexibility index (Phi) is 6.41. The monoisotopic (exact) mass is 334 g/mol. The van der Waals surface area contributed by atoms with E-state index < -0.39 is 6.03 Å². The van der Waals surface area contributed by atoms with E-state index in [1.807, 2.05) is 4.90 Å². The summed E-state index contributed by atoms with van der Waals surface area (Å²) in [6.07, 6.45) is 4.69. The van der Waals surface area contributed by atoms with Gasteiger partial charge >= 0.3 is 6.03 Å². The van der Waals surface area contributed by atoms with E-state index in [4.69, 9.17) is 15.2 Å². The number of urea groups is 1. The number of carbonyl (C=O) groups is 2. The van der Waals surface area contributed by atoms with E-state index in [0.29, 0.717) is 17.1 Å². The molecule has 24 heavy (non-hydrogen) atoms. The lowest BCUT2D eigenvalue weighted by Crippen LogP contribution is -2.38. The van der Waals surface area contributed by atoms with Crippen LogP contribution in [0.3, 0.4) is 0 Å². The second kappa shape index (κ2) is 8.76. The van der Waals surface area contributed by atoms with Gasteiger partial charge in [-0.25, -0.2) is 10.2 Å². The molecule has 2 rings (SSSR count). The van der Waals surface area contributed by atoms with Gasteiger partial charge in [-0.3, -0.25) is 4.79 Å². The summed E-state index contributed by atoms with van der Waals surface area (Å²) in [5.74, 6) is 0.931. The van der Waals surface area contributed by atoms with Crippen LogP contribution in [-0.4, -0.2) is 49.9 Å². The summed E-state index contributed by atoms with van der Waals surface area (Å²) in [7, 11) is 1.51. The van der Waals surface area contributed by atoms with Gasteiger partial charge in [0.05, 0.1) is 13.3 Å². The number of ether oxygens (including phenoxy) is 2. The number of likely N-dealkylation sites (tertiary alicyclic amines) is 1. The minimum atomic E-state index is -0.741. The molecular formula is C16H22N4O4. The van der Waals surface area contributed by atoms with E-state index in [0.717, 1.165) is 25.9 Å². The fourth-order valence-corrected chi connectivity index (χ4v) is 2.43. The number of carbonyl (C=O) groups excluding carboxylic acids is 2. The number of primary amides is 1. The zero-order chi connectivity index (χ0) is 17.4. The first-order valence-corrected chi connectivity index (χ1v) is 7.77. The number of amides is 3. The molecule has 3 N–H and O–H groups in total. The van der Waals surface area contributed by atoms with Crippen LogP contribution in [0, 0.1) is 0 Å². The van der Waals surface area contributed by atoms with Gasteiger partial charge in [0.15, 0.2) is 18.1 Å². The number of hydrogen-bond donors (Lipinski definition) is 2. The van der Waals surface area contributed by atoms with Crippen molar-refractivity contribution in [3.05, 3.63) is 23.8 Å². The van der Waals surface area contributed by atoms with Gasteiger partial charge in [-0.2, -0.15) is 5.10 Å². The molecule has 0 bridgehead atoms. The highest BCUT2D eigenvalue weighted by atomic mass is 16.5. The third kappa shape index (κ3) is 5.15. The number of hydrogen-bond acceptors (Lipinski definition) is 5. The summed E-state index contributed by atoms with van der Waals surface area (Å²) in [5.41, 5.74) is 7.72. The molecule has 1 aromatic carbocycles. The van der Waals surface area contributed by atoms with Gasteiger partial charge < -0.3 is 20.1 Å². The largest absolute Gasteiger partial charge is 0.493 e. The van der Waals surface area contributed by atoms with Crippen LogP contribution in [0.15, 0.2) is 23.3 Å². The Hall–Kier alpha value is -2.77. The molecule has 8 nitrogen and oxygen atoms in total. The van der Waals surface area contributed by atoms with E-state index in [2.05, 4.69) is 10.5 Å². The molecule has 1 aliphatic rings. The topological polar surface area (TPSA) is 106 Å². The van der Waals surface area contributed by atoms with Crippen molar-refractivity contribution in [2.75, 3.05) is 26.8 Å². The summed E-state index contributed by atoms with van der Waals surface area (Å²) in [4.78, 5) is 24.5. The second-order valence-electron chi connectivity index (χ2n) is 5.37. The second-order valence-corrected chi connectivity index (χ2v) is 5.37. The van der Waals surface area contributed by atoms with Gasteiger partial charge in [-0.1, -0.05) is 0 Å². The Labute approximate surface area is 140 Å². The molecule has 8 heteroatoms. The number of methoxy groups -OCH3 is 1. The van der Waals surface area contributed by atoms with Crippen LogP contribution in [0.5, 0.6) is 11.5 Å². The van der Waals surface area contributed by atoms with Crippen molar-refractivity contribution in [3.8, 4) is 11.5 Å². The maximum absolute atomic E-state index is 12.1. The number of nitrogens with zero attached hydrogens (tertiary/aromatic N) is 2. The lowest BCUT2D eigenvalue weighted by atomic mass is 10.1. The molecule has 1 aromatic rings. The summed E-state index contributed by atoms with van der Waals surface area (Å²) in [6.45, 7) is 1.57. The highest BCUT2D eigenvalue weighted by Gasteiger charge is 2.17. The number of rotatable bonds is 6. The van der Waals surface area contributed by atoms with Crippen molar-refractivity contribution in [2.45, 2.75) is 19.3 Å². The van der Waals surface area contributed by atoms with E-state index in [-0.39, 0.29) is 12.5 Å². The van der Waals surface area contributed by atoms with E-state index in [1.165, 1.54) is 19.7 Å². The van der Waals surface area contributed by atoms with Crippen LogP contribution < -0.4 is 20.6 Å². The van der Waals surface area contributed by atoms with Crippen LogP contribution in [0.4, 0.5) is 4.79 Å². The number of piperidine rings is 1. The average molecular weight is 334 g/mol. The van der Waals surface area contributed by atoms with Gasteiger partial charge in [0.25, 0.3) is 5.91 Å². The number of nitrogens with two attached hydrogens (primary N) is 1. The van der Waals surface area contributed by atoms with E-state index in [9.17, 15) is 9.59 Å². The minimum absolute atomic E-state index is 0.0203. The lowest BCUT2D eigenvalue weighted by molar-refractivity contribution is -0.134. The molecule has 0 saturated carbocycles. The fourth-order valence-electron chi connectivity index (χ4n) is 2.43. The van der Waals surface area contributed by atoms with Crippen LogP contribution in [0.1, 0.15) is 24.8 Å². The first-order chi connectivity index (χ1) is 11.6. The molecule has 0 atom stereocenters. The molecule has 1 saturated heterocycles. The fraction of sp³-hybridized carbons (Fsp3) is 0.438. The molecule has 0 radical (unpaired) electrons. The summed E-state index contributed by atoms with van der Waals surface area (Å²) < 4.78 is 10.9. The Balaban J connectivity index is 1.95. The quantitative estimate of drug-likeness (QED) is 0.600. The normalized spacial score (nSPS) is 14.5. The van der Waals surface area contributed by atoms with Crippen molar-refractivity contribution in [2.24, 2.45) is 10.8 Å². The first kappa shape index (κ1) is 17.6. The predicted molar refractivity (Wildman–Crippen MR) is 89.2 cm³/mol. The zero-order valence-corrected chi connectivity index (χ0v) is 13.7. The van der Waals surface area contributed by atoms with Gasteiger partial charge in [0, 0.05) is 13.1 Å². The summed E-state index contributed by atoms with van der Waals surface area (Å²) in [6, 6.07) is 4.37. The SMILES string of the molecule is COc1cc(C=NNC(N)=O)ccc1OCC(=O)N1CCCCC1. The highest BCUT2D eigenvalue weighted by Crippen LogP contribution is 2.27. The Morgan fingerprint density at radius 3 is 2.71 bits per heavy atom. The summed E-state index contributed by atoms with van der Waals surface area (Å²) >= 11 is 0. The molecule has 130 valence electrons. The average Bonchev–Trinajstić information content (AvgIpc) is 2.60. The molecule has 3 amide bonds. The lowest BCUT2D eigenvalue weighted by Gasteiger charge is -2.26. The third-order valence-corrected chi connectivity index (χ3v) is 3.64. The van der Waals surface area contributed by atoms with E-state index >= 15 is 0 Å². The van der Waals surface area contributed by atoms with Crippen molar-refractivity contribution < 1.29 is 19.1 Å². The van der Waals surface area contributed by atoms with Gasteiger partial charge in [0.1, 0.15) is 0 Å². The van der Waals surface area contributed by atoms with Crippen LogP contribution in [0.2, 0.25) is 0 Å². The van der Waals surface area contributed by atoms with Crippen LogP contribution in [-0.2, 0) is 4.79 Å². The van der Waals surface area contributed by atoms with Gasteiger partial charge in [-0.15, -0.1) is 0 Å². The standard InChI is InChI=1S/C16H22N4O4/c1-23-14-9-12(10-18-19-16(17)22)5-6-13(14)24-11-15(21)20-7-3-2-4-8-20/h5-6,9-10H,2-4,7-8,11H2,1H3,(H3,17,19,22). The number of nitrogens with one attached hydrogen (secondary N) is 1.